The predicted molar refractivity (Wildman–Crippen MR) is 105 cm³/mol. The van der Waals surface area contributed by atoms with E-state index in [1.165, 1.54) is 18.5 Å². The number of rotatable bonds is 2. The largest absolute Gasteiger partial charge is 0.438 e. The van der Waals surface area contributed by atoms with Crippen molar-refractivity contribution in [3.63, 3.8) is 0 Å². The van der Waals surface area contributed by atoms with Crippen molar-refractivity contribution in [1.82, 2.24) is 24.6 Å². The van der Waals surface area contributed by atoms with Gasteiger partial charge in [-0.2, -0.15) is 0 Å². The molecule has 7 nitrogen and oxygen atoms in total. The lowest BCUT2D eigenvalue weighted by Crippen LogP contribution is -2.34. The second kappa shape index (κ2) is 8.55. The number of oxazole rings is 1. The third-order valence-corrected chi connectivity index (χ3v) is 5.32. The van der Waals surface area contributed by atoms with Gasteiger partial charge >= 0.3 is 0 Å². The topological polar surface area (TPSA) is 77.0 Å². The number of aryl methyl sites for hydroxylation is 1. The second-order valence-electron chi connectivity index (χ2n) is 7.32. The predicted octanol–water partition coefficient (Wildman–Crippen LogP) is 3.64. The summed E-state index contributed by atoms with van der Waals surface area (Å²) in [6, 6.07) is 6.31. The highest BCUT2D eigenvalue weighted by molar-refractivity contribution is 5.92. The molecule has 3 heterocycles. The van der Waals surface area contributed by atoms with E-state index in [1.807, 2.05) is 4.90 Å². The summed E-state index contributed by atoms with van der Waals surface area (Å²) in [6.45, 7) is 3.79. The third kappa shape index (κ3) is 4.21. The number of hydrogen-bond acceptors (Lipinski definition) is 5. The molecule has 0 N–H and O–H groups in total. The van der Waals surface area contributed by atoms with Gasteiger partial charge in [0.1, 0.15) is 11.6 Å². The van der Waals surface area contributed by atoms with E-state index in [9.17, 15) is 9.18 Å². The van der Waals surface area contributed by atoms with Gasteiger partial charge in [-0.15, -0.1) is 10.2 Å². The molecule has 29 heavy (non-hydrogen) atoms. The van der Waals surface area contributed by atoms with Crippen LogP contribution >= 0.6 is 0 Å². The first-order chi connectivity index (χ1) is 14.1. The molecule has 3 aromatic rings. The van der Waals surface area contributed by atoms with Crippen LogP contribution in [0.3, 0.4) is 0 Å². The van der Waals surface area contributed by atoms with Crippen molar-refractivity contribution in [3.8, 4) is 11.4 Å². The van der Waals surface area contributed by atoms with E-state index in [1.54, 1.807) is 19.1 Å². The molecule has 8 heteroatoms. The summed E-state index contributed by atoms with van der Waals surface area (Å²) in [5, 5.41) is 8.74. The Kier molecular flexibility index (Phi) is 5.69. The summed E-state index contributed by atoms with van der Waals surface area (Å²) >= 11 is 0. The van der Waals surface area contributed by atoms with Crippen molar-refractivity contribution < 1.29 is 13.6 Å². The van der Waals surface area contributed by atoms with E-state index in [2.05, 4.69) is 19.7 Å². The molecule has 0 saturated carbocycles. The van der Waals surface area contributed by atoms with Gasteiger partial charge in [0.2, 0.25) is 5.76 Å². The Morgan fingerprint density at radius 2 is 1.79 bits per heavy atom. The Labute approximate surface area is 168 Å². The molecule has 1 aliphatic heterocycles. The normalized spacial score (nSPS) is 15.6. The van der Waals surface area contributed by atoms with Gasteiger partial charge in [-0.25, -0.2) is 9.37 Å². The lowest BCUT2D eigenvalue weighted by atomic mass is 10.1. The maximum Gasteiger partial charge on any atom is 0.291 e. The van der Waals surface area contributed by atoms with E-state index >= 15 is 0 Å². The van der Waals surface area contributed by atoms with Crippen LogP contribution in [0, 0.1) is 12.7 Å². The average Bonchev–Trinajstić information content (AvgIpc) is 3.32. The fourth-order valence-corrected chi connectivity index (χ4v) is 3.69. The van der Waals surface area contributed by atoms with Crippen LogP contribution in [0.5, 0.6) is 0 Å². The number of aromatic nitrogens is 4. The number of halogens is 1. The molecule has 4 rings (SSSR count). The molecule has 0 fully saturated rings. The van der Waals surface area contributed by atoms with Crippen LogP contribution in [0.4, 0.5) is 4.39 Å². The van der Waals surface area contributed by atoms with Gasteiger partial charge in [-0.1, -0.05) is 12.8 Å². The zero-order chi connectivity index (χ0) is 20.2. The Bertz CT molecular complexity index is 979. The van der Waals surface area contributed by atoms with Gasteiger partial charge in [0.05, 0.1) is 5.69 Å². The zero-order valence-corrected chi connectivity index (χ0v) is 16.5. The molecule has 0 bridgehead atoms. The summed E-state index contributed by atoms with van der Waals surface area (Å²) in [5.41, 5.74) is 1.44. The van der Waals surface area contributed by atoms with E-state index in [4.69, 9.17) is 4.42 Å². The molecule has 2 aromatic heterocycles. The van der Waals surface area contributed by atoms with Crippen LogP contribution in [0.25, 0.3) is 11.4 Å². The maximum atomic E-state index is 13.3. The molecule has 0 atom stereocenters. The fourth-order valence-electron chi connectivity index (χ4n) is 3.69. The van der Waals surface area contributed by atoms with E-state index < -0.39 is 0 Å². The van der Waals surface area contributed by atoms with Crippen molar-refractivity contribution in [2.24, 2.45) is 0 Å². The van der Waals surface area contributed by atoms with Crippen LogP contribution in [0.15, 0.2) is 35.1 Å². The van der Waals surface area contributed by atoms with Crippen LogP contribution in [0.1, 0.15) is 47.8 Å². The van der Waals surface area contributed by atoms with Crippen LogP contribution in [-0.2, 0) is 13.0 Å². The lowest BCUT2D eigenvalue weighted by Gasteiger charge is -2.21. The number of fused-ring (bicyclic) bond motifs is 1. The van der Waals surface area contributed by atoms with Gasteiger partial charge in [0.15, 0.2) is 12.2 Å². The first kappa shape index (κ1) is 19.3. The minimum atomic E-state index is -0.275. The highest BCUT2D eigenvalue weighted by Crippen LogP contribution is 2.21. The SMILES string of the molecule is Cc1ncoc1C(=O)N1CCCCCCn2c(nnc2-c2ccc(F)cc2)CC1. The molecular weight excluding hydrogens is 373 g/mol. The van der Waals surface area contributed by atoms with Crippen molar-refractivity contribution >= 4 is 5.91 Å². The quantitative estimate of drug-likeness (QED) is 0.660. The molecular formula is C21H24FN5O2. The molecule has 1 aliphatic rings. The lowest BCUT2D eigenvalue weighted by molar-refractivity contribution is 0.0720. The number of carbonyl (C=O) groups excluding carboxylic acids is 1. The summed E-state index contributed by atoms with van der Waals surface area (Å²) in [5.74, 6) is 1.46. The van der Waals surface area contributed by atoms with E-state index in [0.717, 1.165) is 49.4 Å². The summed E-state index contributed by atoms with van der Waals surface area (Å²) in [6.07, 6.45) is 5.96. The Morgan fingerprint density at radius 1 is 1.03 bits per heavy atom. The monoisotopic (exact) mass is 397 g/mol. The van der Waals surface area contributed by atoms with Gasteiger partial charge in [0.25, 0.3) is 5.91 Å². The molecule has 1 aromatic carbocycles. The number of nitrogens with zero attached hydrogens (tertiary/aromatic N) is 5. The zero-order valence-electron chi connectivity index (χ0n) is 16.5. The van der Waals surface area contributed by atoms with E-state index in [0.29, 0.717) is 31.0 Å². The van der Waals surface area contributed by atoms with Crippen LogP contribution in [-0.4, -0.2) is 43.6 Å². The Morgan fingerprint density at radius 3 is 2.52 bits per heavy atom. The maximum absolute atomic E-state index is 13.3. The van der Waals surface area contributed by atoms with Gasteiger partial charge in [-0.3, -0.25) is 4.79 Å². The summed E-state index contributed by atoms with van der Waals surface area (Å²) in [4.78, 5) is 18.8. The molecule has 0 unspecified atom stereocenters. The van der Waals surface area contributed by atoms with Crippen LogP contribution in [0.2, 0.25) is 0 Å². The molecule has 0 saturated heterocycles. The van der Waals surface area contributed by atoms with Gasteiger partial charge in [0, 0.05) is 31.6 Å². The van der Waals surface area contributed by atoms with Crippen LogP contribution < -0.4 is 0 Å². The van der Waals surface area contributed by atoms with Crippen molar-refractivity contribution in [2.75, 3.05) is 13.1 Å². The molecule has 0 radical (unpaired) electrons. The van der Waals surface area contributed by atoms with Gasteiger partial charge < -0.3 is 13.9 Å². The number of amides is 1. The minimum absolute atomic E-state index is 0.135. The number of benzene rings is 1. The first-order valence-electron chi connectivity index (χ1n) is 10.0. The summed E-state index contributed by atoms with van der Waals surface area (Å²) in [7, 11) is 0. The average molecular weight is 397 g/mol. The first-order valence-corrected chi connectivity index (χ1v) is 10.0. The van der Waals surface area contributed by atoms with Gasteiger partial charge in [-0.05, 0) is 44.0 Å². The Hall–Kier alpha value is -3.03. The Balaban J connectivity index is 1.59. The molecule has 0 spiro atoms. The van der Waals surface area contributed by atoms with Crippen molar-refractivity contribution in [2.45, 2.75) is 45.6 Å². The second-order valence-corrected chi connectivity index (χ2v) is 7.32. The highest BCUT2D eigenvalue weighted by atomic mass is 19.1. The number of hydrogen-bond donors (Lipinski definition) is 0. The van der Waals surface area contributed by atoms with Crippen molar-refractivity contribution in [3.05, 3.63) is 53.8 Å². The van der Waals surface area contributed by atoms with E-state index in [-0.39, 0.29) is 11.7 Å². The smallest absolute Gasteiger partial charge is 0.291 e. The summed E-state index contributed by atoms with van der Waals surface area (Å²) < 4.78 is 20.7. The molecule has 1 amide bonds. The van der Waals surface area contributed by atoms with Crippen molar-refractivity contribution in [1.29, 1.82) is 0 Å². The minimum Gasteiger partial charge on any atom is -0.438 e. The standard InChI is InChI=1S/C21H24FN5O2/c1-15-19(29-14-23-15)21(28)26-11-4-2-3-5-12-27-18(10-13-26)24-25-20(27)16-6-8-17(22)9-7-16/h6-9,14H,2-5,10-13H2,1H3. The third-order valence-electron chi connectivity index (χ3n) is 5.32. The highest BCUT2D eigenvalue weighted by Gasteiger charge is 2.23. The molecule has 152 valence electrons. The fraction of sp³-hybridized carbons (Fsp3) is 0.429. The number of carbonyl (C=O) groups is 1. The molecule has 0 aliphatic carbocycles.